The van der Waals surface area contributed by atoms with E-state index in [0.717, 1.165) is 22.0 Å². The van der Waals surface area contributed by atoms with Crippen LogP contribution in [0.15, 0.2) is 79.0 Å². The van der Waals surface area contributed by atoms with Gasteiger partial charge in [-0.3, -0.25) is 9.69 Å². The van der Waals surface area contributed by atoms with Crippen LogP contribution >= 0.6 is 0 Å². The number of carbonyl (C=O) groups excluding carboxylic acids is 1. The molecule has 0 saturated carbocycles. The summed E-state index contributed by atoms with van der Waals surface area (Å²) in [5.41, 5.74) is -0.758. The van der Waals surface area contributed by atoms with Crippen molar-refractivity contribution in [2.45, 2.75) is 31.4 Å². The van der Waals surface area contributed by atoms with E-state index in [1.54, 1.807) is 0 Å². The van der Waals surface area contributed by atoms with E-state index in [1.165, 1.54) is 4.90 Å². The van der Waals surface area contributed by atoms with Crippen LogP contribution in [0.3, 0.4) is 0 Å². The number of alkyl halides is 6. The summed E-state index contributed by atoms with van der Waals surface area (Å²) >= 11 is 0. The van der Waals surface area contributed by atoms with E-state index in [2.05, 4.69) is 9.88 Å². The second-order valence-corrected chi connectivity index (χ2v) is 9.73. The van der Waals surface area contributed by atoms with Gasteiger partial charge in [0, 0.05) is 54.9 Å². The minimum atomic E-state index is -5.03. The zero-order chi connectivity index (χ0) is 27.8. The van der Waals surface area contributed by atoms with Crippen molar-refractivity contribution < 1.29 is 31.1 Å². The molecule has 0 unspecified atom stereocenters. The van der Waals surface area contributed by atoms with Crippen molar-refractivity contribution in [2.75, 3.05) is 19.6 Å². The van der Waals surface area contributed by atoms with Gasteiger partial charge in [0.15, 0.2) is 0 Å². The van der Waals surface area contributed by atoms with E-state index in [-0.39, 0.29) is 12.6 Å². The molecule has 204 valence electrons. The maximum absolute atomic E-state index is 13.6. The van der Waals surface area contributed by atoms with Gasteiger partial charge in [0.2, 0.25) is 0 Å². The molecule has 1 saturated heterocycles. The highest BCUT2D eigenvalue weighted by atomic mass is 19.4. The van der Waals surface area contributed by atoms with E-state index in [0.29, 0.717) is 38.2 Å². The van der Waals surface area contributed by atoms with Crippen molar-refractivity contribution in [3.63, 3.8) is 0 Å². The number of H-pyrrole nitrogens is 1. The average Bonchev–Trinajstić information content (AvgIpc) is 3.30. The molecule has 0 spiro atoms. The molecule has 1 aromatic heterocycles. The first kappa shape index (κ1) is 26.8. The second-order valence-electron chi connectivity index (χ2n) is 9.73. The maximum Gasteiger partial charge on any atom is 0.416 e. The Hall–Kier alpha value is -3.79. The summed E-state index contributed by atoms with van der Waals surface area (Å²) in [6, 6.07) is 17.9. The molecule has 0 aliphatic carbocycles. The fourth-order valence-electron chi connectivity index (χ4n) is 5.15. The molecule has 39 heavy (non-hydrogen) atoms. The number of carbonyl (C=O) groups is 1. The maximum atomic E-state index is 13.6. The molecule has 1 aliphatic rings. The van der Waals surface area contributed by atoms with Crippen LogP contribution in [0.25, 0.3) is 10.9 Å². The zero-order valence-electron chi connectivity index (χ0n) is 20.7. The van der Waals surface area contributed by atoms with Gasteiger partial charge < -0.3 is 9.88 Å². The van der Waals surface area contributed by atoms with E-state index >= 15 is 0 Å². The Morgan fingerprint density at radius 1 is 0.846 bits per heavy atom. The molecule has 1 atom stereocenters. The topological polar surface area (TPSA) is 39.3 Å². The van der Waals surface area contributed by atoms with Crippen LogP contribution in [0.2, 0.25) is 0 Å². The van der Waals surface area contributed by atoms with Crippen LogP contribution in [0.4, 0.5) is 26.3 Å². The lowest BCUT2D eigenvalue weighted by molar-refractivity contribution is -0.143. The minimum absolute atomic E-state index is 0.0397. The average molecular weight is 546 g/mol. The van der Waals surface area contributed by atoms with E-state index in [4.69, 9.17) is 0 Å². The van der Waals surface area contributed by atoms with Gasteiger partial charge in [0.05, 0.1) is 11.1 Å². The lowest BCUT2D eigenvalue weighted by atomic mass is 9.98. The monoisotopic (exact) mass is 545 g/mol. The van der Waals surface area contributed by atoms with Gasteiger partial charge in [-0.15, -0.1) is 0 Å². The Bertz CT molecular complexity index is 1430. The fourth-order valence-corrected chi connectivity index (χ4v) is 5.15. The van der Waals surface area contributed by atoms with Crippen LogP contribution in [-0.4, -0.2) is 46.4 Å². The highest BCUT2D eigenvalue weighted by molar-refractivity contribution is 5.95. The normalized spacial score (nSPS) is 17.1. The van der Waals surface area contributed by atoms with E-state index in [9.17, 15) is 31.1 Å². The third kappa shape index (κ3) is 5.95. The molecule has 4 aromatic rings. The smallest absolute Gasteiger partial charge is 0.361 e. The largest absolute Gasteiger partial charge is 0.416 e. The number of hydrogen-bond acceptors (Lipinski definition) is 2. The summed E-state index contributed by atoms with van der Waals surface area (Å²) in [5.74, 6) is -0.851. The standard InChI is InChI=1S/C29H25F6N3O/c30-28(31,32)22-12-20(13-23(15-22)29(33,34)35)27(39)38-11-10-37(17-19-6-2-1-3-7-19)18-24(38)14-21-16-36-26-9-5-4-8-25(21)26/h1-9,12-13,15-16,24,36H,10-11,14,17-18H2/t24-/m0/s1. The molecule has 1 aliphatic heterocycles. The Balaban J connectivity index is 1.48. The summed E-state index contributed by atoms with van der Waals surface area (Å²) in [4.78, 5) is 20.3. The third-order valence-corrected chi connectivity index (χ3v) is 7.04. The number of halogens is 6. The SMILES string of the molecule is O=C(c1cc(C(F)(F)F)cc(C(F)(F)F)c1)N1CCN(Cc2ccccc2)C[C@@H]1Cc1c[nH]c2ccccc12. The number of nitrogens with zero attached hydrogens (tertiary/aromatic N) is 2. The Kier molecular flexibility index (Phi) is 7.15. The summed E-state index contributed by atoms with van der Waals surface area (Å²) in [5, 5.41) is 0.948. The van der Waals surface area contributed by atoms with Gasteiger partial charge in [-0.1, -0.05) is 48.5 Å². The molecule has 5 rings (SSSR count). The number of aromatic amines is 1. The number of hydrogen-bond donors (Lipinski definition) is 1. The summed E-state index contributed by atoms with van der Waals surface area (Å²) in [6.07, 6.45) is -7.86. The Morgan fingerprint density at radius 3 is 2.15 bits per heavy atom. The molecule has 2 heterocycles. The molecular weight excluding hydrogens is 520 g/mol. The van der Waals surface area contributed by atoms with Crippen molar-refractivity contribution >= 4 is 16.8 Å². The summed E-state index contributed by atoms with van der Waals surface area (Å²) in [6.45, 7) is 1.60. The first-order valence-electron chi connectivity index (χ1n) is 12.4. The van der Waals surface area contributed by atoms with Gasteiger partial charge in [0.1, 0.15) is 0 Å². The predicted molar refractivity (Wildman–Crippen MR) is 135 cm³/mol. The van der Waals surface area contributed by atoms with Crippen molar-refractivity contribution in [3.05, 3.63) is 107 Å². The molecule has 1 fully saturated rings. The number of fused-ring (bicyclic) bond motifs is 1. The van der Waals surface area contributed by atoms with Crippen LogP contribution < -0.4 is 0 Å². The highest BCUT2D eigenvalue weighted by Crippen LogP contribution is 2.37. The first-order chi connectivity index (χ1) is 18.5. The van der Waals surface area contributed by atoms with Gasteiger partial charge in [-0.05, 0) is 41.8 Å². The van der Waals surface area contributed by atoms with Gasteiger partial charge in [0.25, 0.3) is 5.91 Å². The van der Waals surface area contributed by atoms with Crippen LogP contribution in [0.1, 0.15) is 32.6 Å². The lowest BCUT2D eigenvalue weighted by Crippen LogP contribution is -2.55. The van der Waals surface area contributed by atoms with E-state index < -0.39 is 41.0 Å². The van der Waals surface area contributed by atoms with Crippen molar-refractivity contribution in [1.82, 2.24) is 14.8 Å². The van der Waals surface area contributed by atoms with Crippen molar-refractivity contribution in [2.24, 2.45) is 0 Å². The minimum Gasteiger partial charge on any atom is -0.361 e. The molecule has 1 N–H and O–H groups in total. The summed E-state index contributed by atoms with van der Waals surface area (Å²) in [7, 11) is 0. The number of para-hydroxylation sites is 1. The van der Waals surface area contributed by atoms with Gasteiger partial charge in [-0.25, -0.2) is 0 Å². The number of amides is 1. The summed E-state index contributed by atoms with van der Waals surface area (Å²) < 4.78 is 80.8. The lowest BCUT2D eigenvalue weighted by Gasteiger charge is -2.42. The van der Waals surface area contributed by atoms with Gasteiger partial charge >= 0.3 is 12.4 Å². The van der Waals surface area contributed by atoms with Crippen LogP contribution in [0, 0.1) is 0 Å². The molecule has 3 aromatic carbocycles. The quantitative estimate of drug-likeness (QED) is 0.281. The van der Waals surface area contributed by atoms with Crippen molar-refractivity contribution in [3.8, 4) is 0 Å². The molecule has 4 nitrogen and oxygen atoms in total. The predicted octanol–water partition coefficient (Wildman–Crippen LogP) is 6.77. The molecule has 10 heteroatoms. The molecule has 0 bridgehead atoms. The fraction of sp³-hybridized carbons (Fsp3) is 0.276. The van der Waals surface area contributed by atoms with E-state index in [1.807, 2.05) is 60.8 Å². The number of aromatic nitrogens is 1. The number of rotatable bonds is 5. The molecule has 1 amide bonds. The first-order valence-corrected chi connectivity index (χ1v) is 12.4. The third-order valence-electron chi connectivity index (χ3n) is 7.04. The number of benzene rings is 3. The number of nitrogens with one attached hydrogen (secondary N) is 1. The molecular formula is C29H25F6N3O. The van der Waals surface area contributed by atoms with Crippen LogP contribution in [-0.2, 0) is 25.3 Å². The van der Waals surface area contributed by atoms with Crippen molar-refractivity contribution in [1.29, 1.82) is 0 Å². The number of piperazine rings is 1. The Labute approximate surface area is 220 Å². The second kappa shape index (κ2) is 10.4. The molecule has 0 radical (unpaired) electrons. The highest BCUT2D eigenvalue weighted by Gasteiger charge is 2.39. The zero-order valence-corrected chi connectivity index (χ0v) is 20.7. The van der Waals surface area contributed by atoms with Crippen LogP contribution in [0.5, 0.6) is 0 Å². The van der Waals surface area contributed by atoms with Gasteiger partial charge in [-0.2, -0.15) is 26.3 Å². The Morgan fingerprint density at radius 2 is 1.49 bits per heavy atom.